The van der Waals surface area contributed by atoms with Gasteiger partial charge in [0.25, 0.3) is 0 Å². The minimum Gasteiger partial charge on any atom is -0.480 e. The average Bonchev–Trinajstić information content (AvgIpc) is 2.34. The zero-order valence-corrected chi connectivity index (χ0v) is 10.6. The van der Waals surface area contributed by atoms with Gasteiger partial charge in [-0.15, -0.1) is 11.8 Å². The molecule has 2 aliphatic heterocycles. The molecule has 0 saturated carbocycles. The first kappa shape index (κ1) is 12.9. The molecule has 0 aromatic rings. The molecule has 2 heterocycles. The quantitative estimate of drug-likeness (QED) is 0.541. The maximum absolute atomic E-state index is 11.9. The number of rotatable bonds is 3. The van der Waals surface area contributed by atoms with Crippen LogP contribution in [0.15, 0.2) is 12.7 Å². The van der Waals surface area contributed by atoms with Crippen molar-refractivity contribution in [3.8, 4) is 0 Å². The summed E-state index contributed by atoms with van der Waals surface area (Å²) in [7, 11) is 0. The molecule has 2 amide bonds. The molecule has 0 aromatic heterocycles. The van der Waals surface area contributed by atoms with Gasteiger partial charge in [0.2, 0.25) is 11.8 Å². The molecule has 98 valence electrons. The molecule has 3 unspecified atom stereocenters. The summed E-state index contributed by atoms with van der Waals surface area (Å²) in [6.07, 6.45) is 1.10. The van der Waals surface area contributed by atoms with Crippen LogP contribution in [0.1, 0.15) is 6.92 Å². The summed E-state index contributed by atoms with van der Waals surface area (Å²) < 4.78 is 0. The number of carboxylic acids is 1. The molecule has 0 aliphatic carbocycles. The van der Waals surface area contributed by atoms with Crippen molar-refractivity contribution >= 4 is 29.5 Å². The fraction of sp³-hybridized carbons (Fsp3) is 0.545. The van der Waals surface area contributed by atoms with Crippen LogP contribution >= 0.6 is 11.8 Å². The fourth-order valence-corrected chi connectivity index (χ4v) is 3.74. The van der Waals surface area contributed by atoms with Gasteiger partial charge >= 0.3 is 5.97 Å². The third-order valence-electron chi connectivity index (χ3n) is 3.18. The lowest BCUT2D eigenvalue weighted by Gasteiger charge is -2.53. The SMILES string of the molecule is C=CC(=O)NC1C(=O)N2C(C(=O)O)C(C)CS[C@H]12. The van der Waals surface area contributed by atoms with Crippen LogP contribution in [0.4, 0.5) is 0 Å². The summed E-state index contributed by atoms with van der Waals surface area (Å²) in [4.78, 5) is 35.6. The minimum absolute atomic E-state index is 0.0937. The molecule has 18 heavy (non-hydrogen) atoms. The first-order chi connectivity index (χ1) is 8.47. The first-order valence-electron chi connectivity index (χ1n) is 5.57. The van der Waals surface area contributed by atoms with Gasteiger partial charge in [0, 0.05) is 5.75 Å². The second-order valence-corrected chi connectivity index (χ2v) is 5.57. The largest absolute Gasteiger partial charge is 0.480 e. The first-order valence-corrected chi connectivity index (χ1v) is 6.61. The molecule has 0 spiro atoms. The number of fused-ring (bicyclic) bond motifs is 1. The lowest BCUT2D eigenvalue weighted by molar-refractivity contribution is -0.164. The van der Waals surface area contributed by atoms with E-state index in [1.807, 2.05) is 6.92 Å². The van der Waals surface area contributed by atoms with E-state index in [1.54, 1.807) is 0 Å². The molecular formula is C11H14N2O4S. The van der Waals surface area contributed by atoms with Crippen LogP contribution in [0.2, 0.25) is 0 Å². The van der Waals surface area contributed by atoms with E-state index >= 15 is 0 Å². The predicted molar refractivity (Wildman–Crippen MR) is 65.8 cm³/mol. The number of nitrogens with zero attached hydrogens (tertiary/aromatic N) is 1. The molecule has 2 N–H and O–H groups in total. The highest BCUT2D eigenvalue weighted by atomic mass is 32.2. The topological polar surface area (TPSA) is 86.7 Å². The van der Waals surface area contributed by atoms with Crippen molar-refractivity contribution in [1.82, 2.24) is 10.2 Å². The van der Waals surface area contributed by atoms with E-state index < -0.39 is 24.0 Å². The maximum Gasteiger partial charge on any atom is 0.326 e. The number of β-lactam (4-membered cyclic amide) rings is 1. The molecule has 4 atom stereocenters. The summed E-state index contributed by atoms with van der Waals surface area (Å²) in [6.45, 7) is 5.13. The highest BCUT2D eigenvalue weighted by molar-refractivity contribution is 8.00. The molecule has 7 heteroatoms. The lowest BCUT2D eigenvalue weighted by Crippen LogP contribution is -2.75. The van der Waals surface area contributed by atoms with Gasteiger partial charge in [-0.2, -0.15) is 0 Å². The average molecular weight is 270 g/mol. The smallest absolute Gasteiger partial charge is 0.326 e. The molecule has 2 fully saturated rings. The Morgan fingerprint density at radius 2 is 2.28 bits per heavy atom. The second-order valence-electron chi connectivity index (χ2n) is 4.42. The van der Waals surface area contributed by atoms with Crippen LogP contribution in [0.25, 0.3) is 0 Å². The van der Waals surface area contributed by atoms with Gasteiger partial charge in [0.05, 0.1) is 0 Å². The van der Waals surface area contributed by atoms with Gasteiger partial charge in [-0.3, -0.25) is 9.59 Å². The third-order valence-corrected chi connectivity index (χ3v) is 4.74. The number of carboxylic acid groups (broad SMARTS) is 1. The van der Waals surface area contributed by atoms with Gasteiger partial charge in [0.15, 0.2) is 0 Å². The van der Waals surface area contributed by atoms with Gasteiger partial charge in [-0.25, -0.2) is 4.79 Å². The van der Waals surface area contributed by atoms with Crippen LogP contribution in [0, 0.1) is 5.92 Å². The summed E-state index contributed by atoms with van der Waals surface area (Å²) in [5.41, 5.74) is 0. The third kappa shape index (κ3) is 1.88. The van der Waals surface area contributed by atoms with E-state index in [-0.39, 0.29) is 17.2 Å². The zero-order chi connectivity index (χ0) is 13.4. The van der Waals surface area contributed by atoms with Crippen molar-refractivity contribution in [3.05, 3.63) is 12.7 Å². The van der Waals surface area contributed by atoms with E-state index in [0.29, 0.717) is 5.75 Å². The monoisotopic (exact) mass is 270 g/mol. The number of carbonyl (C=O) groups excluding carboxylic acids is 2. The van der Waals surface area contributed by atoms with E-state index in [4.69, 9.17) is 5.11 Å². The highest BCUT2D eigenvalue weighted by Gasteiger charge is 2.56. The van der Waals surface area contributed by atoms with Crippen molar-refractivity contribution in [1.29, 1.82) is 0 Å². The number of hydrogen-bond donors (Lipinski definition) is 2. The summed E-state index contributed by atoms with van der Waals surface area (Å²) >= 11 is 1.50. The van der Waals surface area contributed by atoms with Gasteiger partial charge in [0.1, 0.15) is 17.5 Å². The molecule has 0 aromatic carbocycles. The molecule has 0 bridgehead atoms. The number of amides is 2. The molecule has 6 nitrogen and oxygen atoms in total. The van der Waals surface area contributed by atoms with Crippen LogP contribution in [0.3, 0.4) is 0 Å². The summed E-state index contributed by atoms with van der Waals surface area (Å²) in [5.74, 6) is -1.18. The molecule has 2 saturated heterocycles. The minimum atomic E-state index is -0.991. The fourth-order valence-electron chi connectivity index (χ4n) is 2.28. The van der Waals surface area contributed by atoms with E-state index in [1.165, 1.54) is 16.7 Å². The number of hydrogen-bond acceptors (Lipinski definition) is 4. The Morgan fingerprint density at radius 3 is 2.83 bits per heavy atom. The molecule has 0 radical (unpaired) electrons. The Balaban J connectivity index is 2.12. The Bertz CT molecular complexity index is 425. The maximum atomic E-state index is 11.9. The predicted octanol–water partition coefficient (Wildman–Crippen LogP) is -0.338. The zero-order valence-electron chi connectivity index (χ0n) is 9.83. The number of carbonyl (C=O) groups is 3. The lowest BCUT2D eigenvalue weighted by atomic mass is 9.95. The second kappa shape index (κ2) is 4.64. The van der Waals surface area contributed by atoms with Crippen LogP contribution in [-0.2, 0) is 14.4 Å². The van der Waals surface area contributed by atoms with E-state index in [0.717, 1.165) is 6.08 Å². The summed E-state index contributed by atoms with van der Waals surface area (Å²) in [5, 5.41) is 11.4. The molecule has 2 aliphatic rings. The Morgan fingerprint density at radius 1 is 1.61 bits per heavy atom. The van der Waals surface area contributed by atoms with Crippen LogP contribution in [0.5, 0.6) is 0 Å². The molecule has 2 rings (SSSR count). The van der Waals surface area contributed by atoms with Crippen molar-refractivity contribution in [2.45, 2.75) is 24.4 Å². The Labute approximate surface area is 108 Å². The number of aliphatic carboxylic acids is 1. The number of thioether (sulfide) groups is 1. The highest BCUT2D eigenvalue weighted by Crippen LogP contribution is 2.40. The molecular weight excluding hydrogens is 256 g/mol. The van der Waals surface area contributed by atoms with Gasteiger partial charge in [-0.1, -0.05) is 13.5 Å². The standard InChI is InChI=1S/C11H14N2O4S/c1-3-6(14)12-7-9(15)13-8(11(16)17)5(2)4-18-10(7)13/h3,5,7-8,10H,1,4H2,2H3,(H,12,14)(H,16,17)/t5?,7?,8?,10-/m1/s1. The van der Waals surface area contributed by atoms with E-state index in [9.17, 15) is 14.4 Å². The Hall–Kier alpha value is -1.50. The van der Waals surface area contributed by atoms with Crippen LogP contribution < -0.4 is 5.32 Å². The van der Waals surface area contributed by atoms with Crippen molar-refractivity contribution in [3.63, 3.8) is 0 Å². The van der Waals surface area contributed by atoms with Gasteiger partial charge < -0.3 is 15.3 Å². The normalized spacial score (nSPS) is 34.3. The summed E-state index contributed by atoms with van der Waals surface area (Å²) in [6, 6.07) is -1.42. The van der Waals surface area contributed by atoms with Crippen molar-refractivity contribution in [2.75, 3.05) is 5.75 Å². The van der Waals surface area contributed by atoms with Gasteiger partial charge in [-0.05, 0) is 12.0 Å². The van der Waals surface area contributed by atoms with Crippen molar-refractivity contribution < 1.29 is 19.5 Å². The van der Waals surface area contributed by atoms with Crippen molar-refractivity contribution in [2.24, 2.45) is 5.92 Å². The van der Waals surface area contributed by atoms with E-state index in [2.05, 4.69) is 11.9 Å². The van der Waals surface area contributed by atoms with Crippen LogP contribution in [-0.4, -0.2) is 51.0 Å². The number of nitrogens with one attached hydrogen (secondary N) is 1. The Kier molecular flexibility index (Phi) is 3.34.